The number of allylic oxidation sites excluding steroid dienone is 4. The summed E-state index contributed by atoms with van der Waals surface area (Å²) in [5, 5.41) is 3.53. The quantitative estimate of drug-likeness (QED) is 0.642. The number of nitrogens with one attached hydrogen (secondary N) is 1. The number of nitrogens with two attached hydrogens (primary N) is 1. The minimum atomic E-state index is 0.210. The van der Waals surface area contributed by atoms with Crippen molar-refractivity contribution in [3.8, 4) is 0 Å². The Morgan fingerprint density at radius 2 is 2.17 bits per heavy atom. The van der Waals surface area contributed by atoms with E-state index in [9.17, 15) is 4.79 Å². The van der Waals surface area contributed by atoms with Crippen LogP contribution in [0.4, 0.5) is 11.4 Å². The number of carbonyl (C=O) groups excluding carboxylic acids is 1. The maximum Gasteiger partial charge on any atom is 0.173 e. The van der Waals surface area contributed by atoms with E-state index in [4.69, 9.17) is 5.73 Å². The number of hydrogen-bond donors (Lipinski definition) is 2. The number of ketones is 1. The van der Waals surface area contributed by atoms with Crippen molar-refractivity contribution in [1.82, 2.24) is 4.90 Å². The van der Waals surface area contributed by atoms with Crippen molar-refractivity contribution in [3.05, 3.63) is 40.3 Å². The van der Waals surface area contributed by atoms with Gasteiger partial charge in [0.15, 0.2) is 5.78 Å². The lowest BCUT2D eigenvalue weighted by Crippen LogP contribution is -2.18. The van der Waals surface area contributed by atoms with Gasteiger partial charge in [0.2, 0.25) is 0 Å². The molecule has 4 nitrogen and oxygen atoms in total. The average molecular weight is 329 g/mol. The average Bonchev–Trinajstić information content (AvgIpc) is 2.52. The first-order valence-corrected chi connectivity index (χ1v) is 8.78. The predicted molar refractivity (Wildman–Crippen MR) is 97.9 cm³/mol. The largest absolute Gasteiger partial charge is 0.398 e. The molecule has 5 heteroatoms. The van der Waals surface area contributed by atoms with Crippen molar-refractivity contribution in [2.24, 2.45) is 0 Å². The standard InChI is InChI=1S/C18H23N3OS/c1-21(2)10-4-9-20-15-8-7-14(19)18-13(15)11-12-5-3-6-16(22)17(12)23-18/h3,5,7-8,20H,4,6,9-11,19H2,1-2H3. The Hall–Kier alpha value is -1.72. The van der Waals surface area contributed by atoms with E-state index in [1.807, 2.05) is 12.1 Å². The molecule has 0 fully saturated rings. The number of benzene rings is 1. The van der Waals surface area contributed by atoms with Gasteiger partial charge in [-0.05, 0) is 50.3 Å². The smallest absolute Gasteiger partial charge is 0.173 e. The van der Waals surface area contributed by atoms with E-state index in [2.05, 4.69) is 36.5 Å². The number of nitrogens with zero attached hydrogens (tertiary/aromatic N) is 1. The molecule has 0 amide bonds. The molecule has 122 valence electrons. The molecular weight excluding hydrogens is 306 g/mol. The first kappa shape index (κ1) is 16.1. The van der Waals surface area contributed by atoms with E-state index in [1.54, 1.807) is 0 Å². The highest BCUT2D eigenvalue weighted by molar-refractivity contribution is 8.04. The van der Waals surface area contributed by atoms with E-state index in [0.29, 0.717) is 6.42 Å². The molecular formula is C18H23N3OS. The summed E-state index contributed by atoms with van der Waals surface area (Å²) in [5.74, 6) is 0.210. The Bertz CT molecular complexity index is 692. The molecule has 1 aromatic rings. The number of thioether (sulfide) groups is 1. The van der Waals surface area contributed by atoms with Crippen molar-refractivity contribution in [2.75, 3.05) is 38.2 Å². The van der Waals surface area contributed by atoms with Crippen LogP contribution in [0, 0.1) is 0 Å². The molecule has 23 heavy (non-hydrogen) atoms. The normalized spacial score (nSPS) is 16.6. The second-order valence-electron chi connectivity index (χ2n) is 6.26. The van der Waals surface area contributed by atoms with Crippen LogP contribution in [0.15, 0.2) is 39.7 Å². The van der Waals surface area contributed by atoms with Crippen molar-refractivity contribution >= 4 is 28.9 Å². The van der Waals surface area contributed by atoms with Gasteiger partial charge in [-0.2, -0.15) is 0 Å². The molecule has 1 aliphatic carbocycles. The number of hydrogen-bond acceptors (Lipinski definition) is 5. The molecule has 2 aliphatic rings. The summed E-state index contributed by atoms with van der Waals surface area (Å²) in [5.41, 5.74) is 10.4. The Kier molecular flexibility index (Phi) is 4.78. The molecule has 0 unspecified atom stereocenters. The van der Waals surface area contributed by atoms with Crippen LogP contribution in [-0.2, 0) is 11.2 Å². The monoisotopic (exact) mass is 329 g/mol. The summed E-state index contributed by atoms with van der Waals surface area (Å²) in [7, 11) is 4.17. The summed E-state index contributed by atoms with van der Waals surface area (Å²) in [6, 6.07) is 4.00. The minimum absolute atomic E-state index is 0.210. The highest BCUT2D eigenvalue weighted by atomic mass is 32.2. The summed E-state index contributed by atoms with van der Waals surface area (Å²) < 4.78 is 0. The molecule has 1 heterocycles. The zero-order chi connectivity index (χ0) is 16.4. The highest BCUT2D eigenvalue weighted by Crippen LogP contribution is 2.46. The molecule has 3 rings (SSSR count). The summed E-state index contributed by atoms with van der Waals surface area (Å²) in [6.07, 6.45) is 6.42. The van der Waals surface area contributed by atoms with E-state index in [1.165, 1.54) is 17.3 Å². The Balaban J connectivity index is 1.81. The third-order valence-corrected chi connectivity index (χ3v) is 5.51. The first-order chi connectivity index (χ1) is 11.1. The van der Waals surface area contributed by atoms with Crippen molar-refractivity contribution < 1.29 is 4.79 Å². The van der Waals surface area contributed by atoms with Crippen LogP contribution in [0.3, 0.4) is 0 Å². The van der Waals surface area contributed by atoms with Gasteiger partial charge < -0.3 is 16.0 Å². The van der Waals surface area contributed by atoms with Gasteiger partial charge in [-0.15, -0.1) is 0 Å². The Morgan fingerprint density at radius 1 is 1.35 bits per heavy atom. The van der Waals surface area contributed by atoms with Gasteiger partial charge in [0.25, 0.3) is 0 Å². The Morgan fingerprint density at radius 3 is 2.96 bits per heavy atom. The van der Waals surface area contributed by atoms with Gasteiger partial charge in [0.1, 0.15) is 0 Å². The van der Waals surface area contributed by atoms with Crippen LogP contribution < -0.4 is 11.1 Å². The fourth-order valence-corrected chi connectivity index (χ4v) is 4.10. The topological polar surface area (TPSA) is 58.4 Å². The molecule has 0 saturated carbocycles. The second kappa shape index (κ2) is 6.81. The third-order valence-electron chi connectivity index (χ3n) is 4.13. The zero-order valence-electron chi connectivity index (χ0n) is 13.7. The lowest BCUT2D eigenvalue weighted by Gasteiger charge is -2.26. The lowest BCUT2D eigenvalue weighted by molar-refractivity contribution is -0.114. The predicted octanol–water partition coefficient (Wildman–Crippen LogP) is 3.06. The Labute approximate surface area is 141 Å². The van der Waals surface area contributed by atoms with Crippen LogP contribution in [0.2, 0.25) is 0 Å². The van der Waals surface area contributed by atoms with E-state index in [0.717, 1.165) is 52.7 Å². The maximum absolute atomic E-state index is 12.1. The van der Waals surface area contributed by atoms with Crippen molar-refractivity contribution in [3.63, 3.8) is 0 Å². The second-order valence-corrected chi connectivity index (χ2v) is 7.28. The molecule has 0 bridgehead atoms. The first-order valence-electron chi connectivity index (χ1n) is 7.97. The molecule has 0 spiro atoms. The molecule has 3 N–H and O–H groups in total. The molecule has 0 radical (unpaired) electrons. The summed E-state index contributed by atoms with van der Waals surface area (Å²) in [6.45, 7) is 1.99. The van der Waals surface area contributed by atoms with Crippen molar-refractivity contribution in [2.45, 2.75) is 24.2 Å². The third kappa shape index (κ3) is 3.46. The van der Waals surface area contributed by atoms with Gasteiger partial charge in [-0.1, -0.05) is 23.9 Å². The number of Topliss-reactive ketones (excluding diaryl/α,β-unsaturated/α-hetero) is 1. The minimum Gasteiger partial charge on any atom is -0.398 e. The maximum atomic E-state index is 12.1. The van der Waals surface area contributed by atoms with Crippen LogP contribution in [0.5, 0.6) is 0 Å². The lowest BCUT2D eigenvalue weighted by atomic mass is 9.96. The molecule has 0 aromatic heterocycles. The SMILES string of the molecule is CN(C)CCCNc1ccc(N)c2c1CC1=C(S2)C(=O)CC=C1. The number of carbonyl (C=O) groups is 1. The van der Waals surface area contributed by atoms with E-state index in [-0.39, 0.29) is 5.78 Å². The van der Waals surface area contributed by atoms with E-state index < -0.39 is 0 Å². The van der Waals surface area contributed by atoms with Gasteiger partial charge in [0, 0.05) is 35.7 Å². The van der Waals surface area contributed by atoms with Crippen LogP contribution in [0.1, 0.15) is 18.4 Å². The zero-order valence-corrected chi connectivity index (χ0v) is 14.5. The number of nitrogen functional groups attached to an aromatic ring is 1. The van der Waals surface area contributed by atoms with Crippen molar-refractivity contribution in [1.29, 1.82) is 0 Å². The van der Waals surface area contributed by atoms with Crippen LogP contribution in [-0.4, -0.2) is 37.9 Å². The highest BCUT2D eigenvalue weighted by Gasteiger charge is 2.27. The summed E-state index contributed by atoms with van der Waals surface area (Å²) >= 11 is 1.54. The molecule has 1 aliphatic heterocycles. The molecule has 1 aromatic carbocycles. The van der Waals surface area contributed by atoms with Gasteiger partial charge in [0.05, 0.1) is 4.91 Å². The fourth-order valence-electron chi connectivity index (χ4n) is 2.94. The number of fused-ring (bicyclic) bond motifs is 1. The van der Waals surface area contributed by atoms with Gasteiger partial charge in [-0.3, -0.25) is 4.79 Å². The number of anilines is 2. The van der Waals surface area contributed by atoms with Crippen LogP contribution in [0.25, 0.3) is 0 Å². The molecule has 0 atom stereocenters. The summed E-state index contributed by atoms with van der Waals surface area (Å²) in [4.78, 5) is 16.2. The fraction of sp³-hybridized carbons (Fsp3) is 0.389. The van der Waals surface area contributed by atoms with Crippen LogP contribution >= 0.6 is 11.8 Å². The van der Waals surface area contributed by atoms with Gasteiger partial charge in [-0.25, -0.2) is 0 Å². The van der Waals surface area contributed by atoms with E-state index >= 15 is 0 Å². The van der Waals surface area contributed by atoms with Gasteiger partial charge >= 0.3 is 0 Å². The molecule has 0 saturated heterocycles. The number of rotatable bonds is 5.